The number of nitro groups is 1. The molecule has 3 rings (SSSR count). The van der Waals surface area contributed by atoms with Gasteiger partial charge in [-0.1, -0.05) is 42.5 Å². The van der Waals surface area contributed by atoms with E-state index in [-0.39, 0.29) is 5.69 Å². The third kappa shape index (κ3) is 5.75. The van der Waals surface area contributed by atoms with Crippen LogP contribution in [0.5, 0.6) is 5.75 Å². The van der Waals surface area contributed by atoms with Crippen molar-refractivity contribution in [2.75, 3.05) is 45.2 Å². The van der Waals surface area contributed by atoms with Gasteiger partial charge in [-0.05, 0) is 23.8 Å². The molecule has 1 heterocycles. The molecule has 0 atom stereocenters. The topological polar surface area (TPSA) is 70.9 Å². The maximum absolute atomic E-state index is 10.9. The molecule has 1 N–H and O–H groups in total. The molecule has 0 aliphatic carbocycles. The summed E-state index contributed by atoms with van der Waals surface area (Å²) >= 11 is 5.53. The van der Waals surface area contributed by atoms with Gasteiger partial charge in [0, 0.05) is 38.8 Å². The highest BCUT2D eigenvalue weighted by Gasteiger charge is 2.19. The van der Waals surface area contributed by atoms with Gasteiger partial charge in [-0.3, -0.25) is 15.0 Å². The number of anilines is 1. The number of piperazine rings is 1. The summed E-state index contributed by atoms with van der Waals surface area (Å²) in [6.07, 6.45) is 4.32. The molecular formula is C21H24N4O3S. The zero-order valence-corrected chi connectivity index (χ0v) is 17.1. The first-order valence-electron chi connectivity index (χ1n) is 9.39. The summed E-state index contributed by atoms with van der Waals surface area (Å²) in [5, 5.41) is 14.7. The summed E-state index contributed by atoms with van der Waals surface area (Å²) < 4.78 is 5.26. The molecular weight excluding hydrogens is 388 g/mol. The van der Waals surface area contributed by atoms with E-state index in [2.05, 4.69) is 39.4 Å². The number of nitro benzene ring substituents is 1. The summed E-state index contributed by atoms with van der Waals surface area (Å²) in [5.41, 5.74) is 1.81. The van der Waals surface area contributed by atoms with Gasteiger partial charge in [-0.15, -0.1) is 0 Å². The van der Waals surface area contributed by atoms with E-state index in [0.29, 0.717) is 16.5 Å². The highest BCUT2D eigenvalue weighted by atomic mass is 32.1. The third-order valence-corrected chi connectivity index (χ3v) is 5.13. The summed E-state index contributed by atoms with van der Waals surface area (Å²) in [5.74, 6) is 0.395. The molecule has 2 aromatic carbocycles. The molecule has 1 aliphatic heterocycles. The van der Waals surface area contributed by atoms with Gasteiger partial charge in [-0.25, -0.2) is 0 Å². The lowest BCUT2D eigenvalue weighted by Crippen LogP contribution is -2.49. The molecule has 1 fully saturated rings. The minimum atomic E-state index is -0.448. The molecule has 0 unspecified atom stereocenters. The Bertz CT molecular complexity index is 881. The first kappa shape index (κ1) is 20.8. The van der Waals surface area contributed by atoms with Gasteiger partial charge in [0.2, 0.25) is 0 Å². The van der Waals surface area contributed by atoms with Crippen molar-refractivity contribution in [1.29, 1.82) is 0 Å². The minimum absolute atomic E-state index is 0.0181. The number of benzene rings is 2. The van der Waals surface area contributed by atoms with Crippen molar-refractivity contribution >= 4 is 34.8 Å². The van der Waals surface area contributed by atoms with E-state index in [0.717, 1.165) is 32.7 Å². The number of ether oxygens (including phenoxy) is 1. The molecule has 29 heavy (non-hydrogen) atoms. The molecule has 2 aromatic rings. The van der Waals surface area contributed by atoms with E-state index in [1.807, 2.05) is 18.2 Å². The first-order valence-corrected chi connectivity index (χ1v) is 9.80. The van der Waals surface area contributed by atoms with Gasteiger partial charge < -0.3 is 15.0 Å². The SMILES string of the molecule is COc1cc([N+](=O)[O-])ccc1NC(=S)N1CCN(CC=Cc2ccccc2)CC1. The van der Waals surface area contributed by atoms with Crippen LogP contribution in [-0.4, -0.2) is 59.7 Å². The summed E-state index contributed by atoms with van der Waals surface area (Å²) in [6, 6.07) is 14.7. The average molecular weight is 413 g/mol. The number of hydrogen-bond donors (Lipinski definition) is 1. The molecule has 0 saturated carbocycles. The normalized spacial score (nSPS) is 14.7. The summed E-state index contributed by atoms with van der Waals surface area (Å²) in [7, 11) is 1.48. The van der Waals surface area contributed by atoms with Gasteiger partial charge in [-0.2, -0.15) is 0 Å². The van der Waals surface area contributed by atoms with Gasteiger partial charge in [0.15, 0.2) is 5.11 Å². The minimum Gasteiger partial charge on any atom is -0.494 e. The highest BCUT2D eigenvalue weighted by molar-refractivity contribution is 7.80. The van der Waals surface area contributed by atoms with Crippen molar-refractivity contribution in [1.82, 2.24) is 9.80 Å². The van der Waals surface area contributed by atoms with Gasteiger partial charge in [0.25, 0.3) is 5.69 Å². The fourth-order valence-electron chi connectivity index (χ4n) is 3.13. The Kier molecular flexibility index (Phi) is 7.15. The molecule has 0 bridgehead atoms. The predicted molar refractivity (Wildman–Crippen MR) is 119 cm³/mol. The second kappa shape index (κ2) is 9.99. The van der Waals surface area contributed by atoms with E-state index >= 15 is 0 Å². The fraction of sp³-hybridized carbons (Fsp3) is 0.286. The number of rotatable bonds is 6. The predicted octanol–water partition coefficient (Wildman–Crippen LogP) is 3.63. The van der Waals surface area contributed by atoms with E-state index in [1.165, 1.54) is 24.8 Å². The van der Waals surface area contributed by atoms with Crippen LogP contribution in [0.15, 0.2) is 54.6 Å². The number of nitrogens with zero attached hydrogens (tertiary/aromatic N) is 3. The molecule has 0 aromatic heterocycles. The van der Waals surface area contributed by atoms with Crippen LogP contribution < -0.4 is 10.1 Å². The van der Waals surface area contributed by atoms with Crippen LogP contribution in [0.1, 0.15) is 5.56 Å². The monoisotopic (exact) mass is 412 g/mol. The van der Waals surface area contributed by atoms with E-state index in [4.69, 9.17) is 17.0 Å². The Morgan fingerprint density at radius 3 is 2.59 bits per heavy atom. The van der Waals surface area contributed by atoms with Crippen LogP contribution in [0.25, 0.3) is 6.08 Å². The van der Waals surface area contributed by atoms with Gasteiger partial charge >= 0.3 is 0 Å². The lowest BCUT2D eigenvalue weighted by Gasteiger charge is -2.35. The van der Waals surface area contributed by atoms with Crippen LogP contribution in [0, 0.1) is 10.1 Å². The quantitative estimate of drug-likeness (QED) is 0.441. The molecule has 152 valence electrons. The Labute approximate surface area is 175 Å². The maximum atomic E-state index is 10.9. The largest absolute Gasteiger partial charge is 0.494 e. The Balaban J connectivity index is 1.50. The van der Waals surface area contributed by atoms with Crippen molar-refractivity contribution in [3.05, 3.63) is 70.3 Å². The van der Waals surface area contributed by atoms with E-state index < -0.39 is 4.92 Å². The second-order valence-corrected chi connectivity index (χ2v) is 7.06. The smallest absolute Gasteiger partial charge is 0.273 e. The molecule has 7 nitrogen and oxygen atoms in total. The van der Waals surface area contributed by atoms with Crippen molar-refractivity contribution in [3.63, 3.8) is 0 Å². The second-order valence-electron chi connectivity index (χ2n) is 6.67. The third-order valence-electron chi connectivity index (χ3n) is 4.77. The first-order chi connectivity index (χ1) is 14.1. The van der Waals surface area contributed by atoms with Crippen LogP contribution >= 0.6 is 12.2 Å². The van der Waals surface area contributed by atoms with E-state index in [9.17, 15) is 10.1 Å². The molecule has 1 aliphatic rings. The average Bonchev–Trinajstić information content (AvgIpc) is 2.75. The Hall–Kier alpha value is -2.97. The lowest BCUT2D eigenvalue weighted by atomic mass is 10.2. The zero-order valence-electron chi connectivity index (χ0n) is 16.3. The van der Waals surface area contributed by atoms with Crippen molar-refractivity contribution in [2.24, 2.45) is 0 Å². The van der Waals surface area contributed by atoms with Crippen molar-refractivity contribution in [2.45, 2.75) is 0 Å². The summed E-state index contributed by atoms with van der Waals surface area (Å²) in [4.78, 5) is 15.0. The molecule has 1 saturated heterocycles. The zero-order chi connectivity index (χ0) is 20.6. The van der Waals surface area contributed by atoms with Crippen LogP contribution in [0.3, 0.4) is 0 Å². The number of non-ortho nitro benzene ring substituents is 1. The van der Waals surface area contributed by atoms with Crippen LogP contribution in [0.4, 0.5) is 11.4 Å². The number of thiocarbonyl (C=S) groups is 1. The molecule has 0 amide bonds. The maximum Gasteiger partial charge on any atom is 0.273 e. The Morgan fingerprint density at radius 1 is 1.21 bits per heavy atom. The van der Waals surface area contributed by atoms with Gasteiger partial charge in [0.05, 0.1) is 23.8 Å². The number of hydrogen-bond acceptors (Lipinski definition) is 5. The standard InChI is InChI=1S/C21H24N4O3S/c1-28-20-16-18(25(26)27)9-10-19(20)22-21(29)24-14-12-23(13-15-24)11-5-8-17-6-3-2-4-7-17/h2-10,16H,11-15H2,1H3,(H,22,29). The molecule has 8 heteroatoms. The lowest BCUT2D eigenvalue weighted by molar-refractivity contribution is -0.384. The van der Waals surface area contributed by atoms with E-state index in [1.54, 1.807) is 6.07 Å². The fourth-order valence-corrected chi connectivity index (χ4v) is 3.42. The van der Waals surface area contributed by atoms with Crippen molar-refractivity contribution < 1.29 is 9.66 Å². The van der Waals surface area contributed by atoms with Crippen LogP contribution in [-0.2, 0) is 0 Å². The van der Waals surface area contributed by atoms with Crippen LogP contribution in [0.2, 0.25) is 0 Å². The number of methoxy groups -OCH3 is 1. The summed E-state index contributed by atoms with van der Waals surface area (Å²) in [6.45, 7) is 4.37. The highest BCUT2D eigenvalue weighted by Crippen LogP contribution is 2.29. The van der Waals surface area contributed by atoms with Gasteiger partial charge in [0.1, 0.15) is 5.75 Å². The van der Waals surface area contributed by atoms with Crippen molar-refractivity contribution in [3.8, 4) is 5.75 Å². The molecule has 0 spiro atoms. The Morgan fingerprint density at radius 2 is 1.93 bits per heavy atom. The molecule has 0 radical (unpaired) electrons. The number of nitrogens with one attached hydrogen (secondary N) is 1.